The zero-order valence-corrected chi connectivity index (χ0v) is 19.8. The van der Waals surface area contributed by atoms with Gasteiger partial charge in [-0.1, -0.05) is 32.0 Å². The number of ether oxygens (including phenoxy) is 2. The van der Waals surface area contributed by atoms with Crippen LogP contribution in [0.2, 0.25) is 0 Å². The molecule has 0 unspecified atom stereocenters. The molecule has 2 heterocycles. The molecule has 1 aliphatic heterocycles. The molecule has 0 fully saturated rings. The maximum Gasteiger partial charge on any atom is 0.221 e. The van der Waals surface area contributed by atoms with Crippen LogP contribution in [0, 0.1) is 19.8 Å². The number of carbonyl (C=O) groups is 1. The second-order valence-corrected chi connectivity index (χ2v) is 8.96. The molecule has 2 aromatic carbocycles. The van der Waals surface area contributed by atoms with Crippen molar-refractivity contribution in [1.29, 1.82) is 0 Å². The van der Waals surface area contributed by atoms with Crippen molar-refractivity contribution in [3.8, 4) is 22.8 Å². The first kappa shape index (κ1) is 22.9. The van der Waals surface area contributed by atoms with Gasteiger partial charge in [0.2, 0.25) is 5.91 Å². The fourth-order valence-electron chi connectivity index (χ4n) is 3.93. The molecule has 0 saturated heterocycles. The van der Waals surface area contributed by atoms with Crippen molar-refractivity contribution in [2.24, 2.45) is 5.92 Å². The summed E-state index contributed by atoms with van der Waals surface area (Å²) in [5, 5.41) is 3.17. The molecule has 0 aliphatic carbocycles. The molecule has 0 bridgehead atoms. The van der Waals surface area contributed by atoms with E-state index in [1.807, 2.05) is 24.3 Å². The fraction of sp³-hybridized carbons (Fsp3) is 0.407. The quantitative estimate of drug-likeness (QED) is 0.512. The van der Waals surface area contributed by atoms with Crippen molar-refractivity contribution in [2.75, 3.05) is 13.2 Å². The van der Waals surface area contributed by atoms with Gasteiger partial charge < -0.3 is 19.2 Å². The highest BCUT2D eigenvalue weighted by Crippen LogP contribution is 2.34. The van der Waals surface area contributed by atoms with Gasteiger partial charge in [-0.2, -0.15) is 0 Å². The Morgan fingerprint density at radius 1 is 1.03 bits per heavy atom. The number of oxazole rings is 1. The number of nitrogens with zero attached hydrogens (tertiary/aromatic N) is 1. The monoisotopic (exact) mass is 448 g/mol. The first-order valence-corrected chi connectivity index (χ1v) is 11.6. The summed E-state index contributed by atoms with van der Waals surface area (Å²) in [5.41, 5.74) is 4.45. The number of aromatic nitrogens is 1. The topological polar surface area (TPSA) is 73.6 Å². The largest absolute Gasteiger partial charge is 0.490 e. The fourth-order valence-corrected chi connectivity index (χ4v) is 3.93. The number of aryl methyl sites for hydroxylation is 3. The van der Waals surface area contributed by atoms with Crippen LogP contribution >= 0.6 is 0 Å². The molecule has 174 valence electrons. The predicted octanol–water partition coefficient (Wildman–Crippen LogP) is 5.57. The zero-order valence-electron chi connectivity index (χ0n) is 19.8. The summed E-state index contributed by atoms with van der Waals surface area (Å²) >= 11 is 0. The zero-order chi connectivity index (χ0) is 23.4. The second-order valence-electron chi connectivity index (χ2n) is 8.96. The molecule has 3 aromatic rings. The van der Waals surface area contributed by atoms with Crippen LogP contribution < -0.4 is 14.8 Å². The van der Waals surface area contributed by atoms with E-state index in [0.29, 0.717) is 31.9 Å². The van der Waals surface area contributed by atoms with E-state index >= 15 is 0 Å². The van der Waals surface area contributed by atoms with Gasteiger partial charge in [0.05, 0.1) is 25.5 Å². The van der Waals surface area contributed by atoms with Gasteiger partial charge in [0.25, 0.3) is 0 Å². The SMILES string of the molecule is Cc1ccc(-c2cnc(CCC(=O)N[C@@H](c3ccc4c(c3)OCCCO4)C(C)C)o2)cc1C. The van der Waals surface area contributed by atoms with Gasteiger partial charge in [0.1, 0.15) is 0 Å². The van der Waals surface area contributed by atoms with Gasteiger partial charge in [0.15, 0.2) is 23.1 Å². The molecule has 1 amide bonds. The van der Waals surface area contributed by atoms with Crippen LogP contribution in [0.3, 0.4) is 0 Å². The molecule has 0 radical (unpaired) electrons. The third-order valence-corrected chi connectivity index (χ3v) is 6.02. The van der Waals surface area contributed by atoms with Gasteiger partial charge in [-0.25, -0.2) is 4.98 Å². The normalized spacial score (nSPS) is 14.1. The van der Waals surface area contributed by atoms with Crippen LogP contribution in [0.5, 0.6) is 11.5 Å². The minimum absolute atomic E-state index is 0.0354. The van der Waals surface area contributed by atoms with Crippen LogP contribution in [0.15, 0.2) is 47.0 Å². The molecule has 0 saturated carbocycles. The Bertz CT molecular complexity index is 1120. The molecule has 1 N–H and O–H groups in total. The molecule has 0 spiro atoms. The molecule has 1 atom stereocenters. The van der Waals surface area contributed by atoms with Crippen LogP contribution in [0.4, 0.5) is 0 Å². The van der Waals surface area contributed by atoms with Gasteiger partial charge in [-0.3, -0.25) is 4.79 Å². The molecule has 1 aliphatic rings. The van der Waals surface area contributed by atoms with E-state index < -0.39 is 0 Å². The summed E-state index contributed by atoms with van der Waals surface area (Å²) in [5.74, 6) is 2.97. The molecular weight excluding hydrogens is 416 g/mol. The number of hydrogen-bond acceptors (Lipinski definition) is 5. The first-order valence-electron chi connectivity index (χ1n) is 11.6. The van der Waals surface area contributed by atoms with E-state index in [2.05, 4.69) is 50.1 Å². The van der Waals surface area contributed by atoms with Crippen molar-refractivity contribution in [3.63, 3.8) is 0 Å². The lowest BCUT2D eigenvalue weighted by Gasteiger charge is -2.24. The smallest absolute Gasteiger partial charge is 0.221 e. The summed E-state index contributed by atoms with van der Waals surface area (Å²) in [6.07, 6.45) is 3.34. The Labute approximate surface area is 195 Å². The number of hydrogen-bond donors (Lipinski definition) is 1. The van der Waals surface area contributed by atoms with Crippen LogP contribution in [-0.2, 0) is 11.2 Å². The van der Waals surface area contributed by atoms with Gasteiger partial charge in [-0.15, -0.1) is 0 Å². The van der Waals surface area contributed by atoms with Gasteiger partial charge >= 0.3 is 0 Å². The summed E-state index contributed by atoms with van der Waals surface area (Å²) in [4.78, 5) is 17.1. The summed E-state index contributed by atoms with van der Waals surface area (Å²) in [6, 6.07) is 12.0. The van der Waals surface area contributed by atoms with Crippen molar-refractivity contribution in [1.82, 2.24) is 10.3 Å². The summed E-state index contributed by atoms with van der Waals surface area (Å²) in [7, 11) is 0. The Balaban J connectivity index is 1.39. The number of rotatable bonds is 7. The number of amides is 1. The van der Waals surface area contributed by atoms with Crippen molar-refractivity contribution in [2.45, 2.75) is 53.0 Å². The maximum absolute atomic E-state index is 12.8. The lowest BCUT2D eigenvalue weighted by Crippen LogP contribution is -2.32. The number of nitrogens with one attached hydrogen (secondary N) is 1. The van der Waals surface area contributed by atoms with E-state index in [4.69, 9.17) is 13.9 Å². The Kier molecular flexibility index (Phi) is 7.02. The third kappa shape index (κ3) is 5.56. The van der Waals surface area contributed by atoms with Crippen molar-refractivity contribution in [3.05, 3.63) is 65.2 Å². The Morgan fingerprint density at radius 2 is 1.82 bits per heavy atom. The van der Waals surface area contributed by atoms with Crippen LogP contribution in [0.1, 0.15) is 55.3 Å². The molecule has 6 heteroatoms. The maximum atomic E-state index is 12.8. The van der Waals surface area contributed by atoms with Gasteiger partial charge in [-0.05, 0) is 54.7 Å². The van der Waals surface area contributed by atoms with Crippen molar-refractivity contribution >= 4 is 5.91 Å². The molecule has 4 rings (SSSR count). The third-order valence-electron chi connectivity index (χ3n) is 6.02. The summed E-state index contributed by atoms with van der Waals surface area (Å²) in [6.45, 7) is 9.64. The molecule has 6 nitrogen and oxygen atoms in total. The van der Waals surface area contributed by atoms with Gasteiger partial charge in [0, 0.05) is 24.8 Å². The summed E-state index contributed by atoms with van der Waals surface area (Å²) < 4.78 is 17.5. The minimum Gasteiger partial charge on any atom is -0.490 e. The molecule has 33 heavy (non-hydrogen) atoms. The Morgan fingerprint density at radius 3 is 2.58 bits per heavy atom. The second kappa shape index (κ2) is 10.1. The van der Waals surface area contributed by atoms with E-state index in [-0.39, 0.29) is 17.9 Å². The standard InChI is InChI=1S/C27H32N2O4/c1-17(2)27(21-8-9-22-23(15-21)32-13-5-12-31-22)29-25(30)10-11-26-28-16-24(33-26)20-7-6-18(3)19(4)14-20/h6-9,14-17,27H,5,10-13H2,1-4H3,(H,29,30)/t27-/m1/s1. The van der Waals surface area contributed by atoms with Crippen molar-refractivity contribution < 1.29 is 18.7 Å². The number of fused-ring (bicyclic) bond motifs is 1. The predicted molar refractivity (Wildman–Crippen MR) is 128 cm³/mol. The van der Waals surface area contributed by atoms with Crippen LogP contribution in [0.25, 0.3) is 11.3 Å². The molecule has 1 aromatic heterocycles. The lowest BCUT2D eigenvalue weighted by molar-refractivity contribution is -0.122. The highest BCUT2D eigenvalue weighted by Gasteiger charge is 2.21. The van der Waals surface area contributed by atoms with E-state index in [1.165, 1.54) is 11.1 Å². The lowest BCUT2D eigenvalue weighted by atomic mass is 9.95. The Hall–Kier alpha value is -3.28. The average Bonchev–Trinajstić information content (AvgIpc) is 3.15. The number of benzene rings is 2. The highest BCUT2D eigenvalue weighted by molar-refractivity contribution is 5.76. The first-order chi connectivity index (χ1) is 15.9. The average molecular weight is 449 g/mol. The van der Waals surface area contributed by atoms with E-state index in [9.17, 15) is 4.79 Å². The minimum atomic E-state index is -0.120. The van der Waals surface area contributed by atoms with E-state index in [0.717, 1.165) is 34.8 Å². The molecular formula is C27H32N2O4. The highest BCUT2D eigenvalue weighted by atomic mass is 16.5. The van der Waals surface area contributed by atoms with Crippen LogP contribution in [-0.4, -0.2) is 24.1 Å². The number of carbonyl (C=O) groups excluding carboxylic acids is 1. The van der Waals surface area contributed by atoms with E-state index in [1.54, 1.807) is 6.20 Å².